The molecule has 1 heterocycles. The van der Waals surface area contributed by atoms with Crippen LogP contribution in [-0.2, 0) is 0 Å². The molecule has 0 bridgehead atoms. The number of hydrogen-bond donors (Lipinski definition) is 1. The van der Waals surface area contributed by atoms with E-state index >= 15 is 0 Å². The van der Waals surface area contributed by atoms with Crippen molar-refractivity contribution >= 4 is 11.4 Å². The average Bonchev–Trinajstić information content (AvgIpc) is 2.58. The number of rotatable bonds is 2. The molecule has 0 aliphatic carbocycles. The van der Waals surface area contributed by atoms with Crippen LogP contribution < -0.4 is 9.47 Å². The summed E-state index contributed by atoms with van der Waals surface area (Å²) in [5.74, 6) is 1.21. The van der Waals surface area contributed by atoms with Crippen molar-refractivity contribution in [1.29, 1.82) is 5.26 Å². The van der Waals surface area contributed by atoms with Gasteiger partial charge in [0, 0.05) is 5.56 Å². The molecule has 24 heavy (non-hydrogen) atoms. The maximum absolute atomic E-state index is 10.8. The second-order valence-electron chi connectivity index (χ2n) is 6.10. The summed E-state index contributed by atoms with van der Waals surface area (Å²) in [4.78, 5) is 4.63. The van der Waals surface area contributed by atoms with Crippen LogP contribution in [0.3, 0.4) is 0 Å². The highest BCUT2D eigenvalue weighted by Gasteiger charge is 2.40. The molecule has 3 rings (SSSR count). The molecule has 1 aliphatic rings. The van der Waals surface area contributed by atoms with E-state index in [2.05, 4.69) is 11.1 Å². The lowest BCUT2D eigenvalue weighted by Crippen LogP contribution is -2.50. The van der Waals surface area contributed by atoms with Crippen molar-refractivity contribution in [3.8, 4) is 17.6 Å². The molecule has 2 aromatic rings. The van der Waals surface area contributed by atoms with E-state index in [1.54, 1.807) is 39.2 Å². The summed E-state index contributed by atoms with van der Waals surface area (Å²) in [6.45, 7) is 3.60. The molecule has 0 radical (unpaired) electrons. The first-order valence-electron chi connectivity index (χ1n) is 7.59. The van der Waals surface area contributed by atoms with Gasteiger partial charge in [0.25, 0.3) is 0 Å². The molecule has 5 heteroatoms. The van der Waals surface area contributed by atoms with Crippen LogP contribution >= 0.6 is 0 Å². The summed E-state index contributed by atoms with van der Waals surface area (Å²) in [5.41, 5.74) is 1.34. The van der Waals surface area contributed by atoms with Gasteiger partial charge in [-0.2, -0.15) is 5.26 Å². The monoisotopic (exact) mass is 322 g/mol. The number of aliphatic hydroxyl groups is 1. The zero-order chi connectivity index (χ0) is 17.3. The van der Waals surface area contributed by atoms with E-state index in [0.29, 0.717) is 34.0 Å². The molecule has 5 nitrogen and oxygen atoms in total. The molecule has 2 aromatic carbocycles. The van der Waals surface area contributed by atoms with Crippen LogP contribution in [0.5, 0.6) is 11.5 Å². The van der Waals surface area contributed by atoms with Gasteiger partial charge in [-0.05, 0) is 44.2 Å². The molecule has 1 aliphatic heterocycles. The van der Waals surface area contributed by atoms with Gasteiger partial charge in [-0.3, -0.25) is 0 Å². The number of nitrogens with zero attached hydrogens (tertiary/aromatic N) is 2. The summed E-state index contributed by atoms with van der Waals surface area (Å²) in [5, 5.41) is 19.9. The Bertz CT molecular complexity index is 850. The van der Waals surface area contributed by atoms with Crippen LogP contribution in [0.4, 0.5) is 5.69 Å². The van der Waals surface area contributed by atoms with E-state index < -0.39 is 11.7 Å². The Hall–Kier alpha value is -2.84. The summed E-state index contributed by atoms with van der Waals surface area (Å²) >= 11 is 0. The van der Waals surface area contributed by atoms with Gasteiger partial charge in [0.05, 0.1) is 24.5 Å². The molecule has 1 unspecified atom stereocenters. The topological polar surface area (TPSA) is 74.8 Å². The number of methoxy groups -OCH3 is 1. The van der Waals surface area contributed by atoms with E-state index in [4.69, 9.17) is 14.7 Å². The van der Waals surface area contributed by atoms with Crippen LogP contribution in [0.25, 0.3) is 0 Å². The summed E-state index contributed by atoms with van der Waals surface area (Å²) in [6.07, 6.45) is -0.941. The second-order valence-corrected chi connectivity index (χ2v) is 6.10. The predicted molar refractivity (Wildman–Crippen MR) is 91.1 cm³/mol. The van der Waals surface area contributed by atoms with Crippen molar-refractivity contribution in [2.75, 3.05) is 7.11 Å². The first-order valence-corrected chi connectivity index (χ1v) is 7.59. The van der Waals surface area contributed by atoms with Gasteiger partial charge in [-0.1, -0.05) is 12.1 Å². The number of hydrogen-bond acceptors (Lipinski definition) is 5. The minimum absolute atomic E-state index is 0.461. The van der Waals surface area contributed by atoms with Crippen molar-refractivity contribution in [2.24, 2.45) is 4.99 Å². The molecule has 1 N–H and O–H groups in total. The van der Waals surface area contributed by atoms with Crippen LogP contribution in [-0.4, -0.2) is 29.6 Å². The highest BCUT2D eigenvalue weighted by atomic mass is 16.5. The highest BCUT2D eigenvalue weighted by molar-refractivity contribution is 6.09. The Labute approximate surface area is 140 Å². The molecule has 0 spiro atoms. The van der Waals surface area contributed by atoms with Gasteiger partial charge in [0.2, 0.25) is 0 Å². The summed E-state index contributed by atoms with van der Waals surface area (Å²) in [7, 11) is 1.57. The summed E-state index contributed by atoms with van der Waals surface area (Å²) in [6, 6.07) is 14.5. The zero-order valence-corrected chi connectivity index (χ0v) is 13.8. The van der Waals surface area contributed by atoms with Crippen LogP contribution in [0.15, 0.2) is 47.5 Å². The first kappa shape index (κ1) is 16.0. The molecular formula is C19H18N2O3. The third kappa shape index (κ3) is 2.72. The predicted octanol–water partition coefficient (Wildman–Crippen LogP) is 3.22. The van der Waals surface area contributed by atoms with E-state index in [1.807, 2.05) is 24.3 Å². The molecule has 0 aromatic heterocycles. The number of aliphatic imine (C=N–C) groups is 1. The maximum atomic E-state index is 10.8. The van der Waals surface area contributed by atoms with E-state index in [1.165, 1.54) is 0 Å². The lowest BCUT2D eigenvalue weighted by molar-refractivity contribution is 0.00228. The van der Waals surface area contributed by atoms with Gasteiger partial charge in [0.15, 0.2) is 0 Å². The third-order valence-electron chi connectivity index (χ3n) is 4.00. The van der Waals surface area contributed by atoms with Crippen molar-refractivity contribution < 1.29 is 14.6 Å². The smallest absolute Gasteiger partial charge is 0.144 e. The SMILES string of the molecule is COc1ccccc1N=C1c2cc(C#N)ccc2OC(C)(C)C1O. The quantitative estimate of drug-likeness (QED) is 0.921. The van der Waals surface area contributed by atoms with E-state index in [9.17, 15) is 5.11 Å². The Balaban J connectivity index is 2.22. The van der Waals surface area contributed by atoms with Crippen molar-refractivity contribution in [2.45, 2.75) is 25.6 Å². The van der Waals surface area contributed by atoms with Gasteiger partial charge in [-0.25, -0.2) is 4.99 Å². The second kappa shape index (κ2) is 5.99. The van der Waals surface area contributed by atoms with E-state index in [-0.39, 0.29) is 0 Å². The number of ether oxygens (including phenoxy) is 2. The number of para-hydroxylation sites is 2. The average molecular weight is 322 g/mol. The fourth-order valence-electron chi connectivity index (χ4n) is 2.68. The molecular weight excluding hydrogens is 304 g/mol. The number of fused-ring (bicyclic) bond motifs is 1. The fraction of sp³-hybridized carbons (Fsp3) is 0.263. The van der Waals surface area contributed by atoms with Crippen LogP contribution in [0, 0.1) is 11.3 Å². The lowest BCUT2D eigenvalue weighted by Gasteiger charge is -2.38. The van der Waals surface area contributed by atoms with Gasteiger partial charge >= 0.3 is 0 Å². The van der Waals surface area contributed by atoms with Gasteiger partial charge in [0.1, 0.15) is 28.9 Å². The summed E-state index contributed by atoms with van der Waals surface area (Å²) < 4.78 is 11.2. The van der Waals surface area contributed by atoms with Crippen molar-refractivity contribution in [1.82, 2.24) is 0 Å². The molecule has 1 atom stereocenters. The standard InChI is InChI=1S/C19H18N2O3/c1-19(2)18(22)17(21-14-6-4-5-7-16(14)23-3)13-10-12(11-20)8-9-15(13)24-19/h4-10,18,22H,1-3H3. The zero-order valence-electron chi connectivity index (χ0n) is 13.8. The first-order chi connectivity index (χ1) is 11.5. The molecule has 122 valence electrons. The minimum Gasteiger partial charge on any atom is -0.494 e. The minimum atomic E-state index is -0.941. The maximum Gasteiger partial charge on any atom is 0.144 e. The molecule has 0 fully saturated rings. The lowest BCUT2D eigenvalue weighted by atomic mass is 9.88. The Kier molecular flexibility index (Phi) is 4.00. The number of nitriles is 1. The molecule has 0 amide bonds. The van der Waals surface area contributed by atoms with Gasteiger partial charge < -0.3 is 14.6 Å². The van der Waals surface area contributed by atoms with Crippen molar-refractivity contribution in [3.63, 3.8) is 0 Å². The van der Waals surface area contributed by atoms with Crippen LogP contribution in [0.2, 0.25) is 0 Å². The highest BCUT2D eigenvalue weighted by Crippen LogP contribution is 2.37. The normalized spacial score (nSPS) is 20.0. The number of benzene rings is 2. The third-order valence-corrected chi connectivity index (χ3v) is 4.00. The molecule has 0 saturated carbocycles. The Morgan fingerprint density at radius 1 is 1.25 bits per heavy atom. The Morgan fingerprint density at radius 2 is 2.00 bits per heavy atom. The number of aliphatic hydroxyl groups excluding tert-OH is 1. The molecule has 0 saturated heterocycles. The van der Waals surface area contributed by atoms with Crippen molar-refractivity contribution in [3.05, 3.63) is 53.6 Å². The fourth-order valence-corrected chi connectivity index (χ4v) is 2.68. The Morgan fingerprint density at radius 3 is 2.71 bits per heavy atom. The van der Waals surface area contributed by atoms with Gasteiger partial charge in [-0.15, -0.1) is 0 Å². The van der Waals surface area contributed by atoms with E-state index in [0.717, 1.165) is 0 Å². The van der Waals surface area contributed by atoms with Crippen LogP contribution in [0.1, 0.15) is 25.0 Å². The largest absolute Gasteiger partial charge is 0.494 e.